The summed E-state index contributed by atoms with van der Waals surface area (Å²) in [4.78, 5) is 13.6. The number of rotatable bonds is 3. The van der Waals surface area contributed by atoms with E-state index in [1.807, 2.05) is 13.8 Å². The summed E-state index contributed by atoms with van der Waals surface area (Å²) in [7, 11) is 1.39. The maximum atomic E-state index is 9.42. The standard InChI is InChI=1S/C7H14.C3H6N2O2.C2H6/c1-7-5-3-2-4-6-7;1-7-5-2-4-3-6;1-2/h7H,2-6H2,1H3;2-3H,1H3,(H,4,5,6);1-2H3. The number of amides is 1. The van der Waals surface area contributed by atoms with Crippen LogP contribution in [0.4, 0.5) is 0 Å². The van der Waals surface area contributed by atoms with E-state index in [-0.39, 0.29) is 0 Å². The average Bonchev–Trinajstić information content (AvgIpc) is 2.34. The quantitative estimate of drug-likeness (QED) is 0.351. The van der Waals surface area contributed by atoms with Gasteiger partial charge in [0.1, 0.15) is 13.4 Å². The molecule has 1 aliphatic rings. The smallest absolute Gasteiger partial charge is 0.212 e. The zero-order valence-corrected chi connectivity index (χ0v) is 11.0. The maximum Gasteiger partial charge on any atom is 0.212 e. The van der Waals surface area contributed by atoms with Crippen molar-refractivity contribution >= 4 is 12.7 Å². The molecule has 0 spiro atoms. The third kappa shape index (κ3) is 15.4. The first-order valence-electron chi connectivity index (χ1n) is 6.06. The number of carbonyl (C=O) groups is 1. The highest BCUT2D eigenvalue weighted by molar-refractivity contribution is 5.70. The van der Waals surface area contributed by atoms with E-state index in [0.29, 0.717) is 6.41 Å². The van der Waals surface area contributed by atoms with Gasteiger partial charge in [-0.25, -0.2) is 0 Å². The third-order valence-electron chi connectivity index (χ3n) is 2.19. The van der Waals surface area contributed by atoms with Crippen molar-refractivity contribution in [3.63, 3.8) is 0 Å². The molecular weight excluding hydrogens is 204 g/mol. The molecule has 0 unspecified atom stereocenters. The molecule has 1 saturated carbocycles. The number of carbonyl (C=O) groups excluding carboxylic acids is 1. The largest absolute Gasteiger partial charge is 0.398 e. The molecule has 0 heterocycles. The van der Waals surface area contributed by atoms with Gasteiger partial charge in [0.2, 0.25) is 6.41 Å². The molecule has 1 amide bonds. The van der Waals surface area contributed by atoms with E-state index in [2.05, 4.69) is 22.2 Å². The van der Waals surface area contributed by atoms with Crippen LogP contribution in [0.1, 0.15) is 52.9 Å². The predicted octanol–water partition coefficient (Wildman–Crippen LogP) is 2.93. The first-order valence-corrected chi connectivity index (χ1v) is 6.06. The molecule has 1 rings (SSSR count). The van der Waals surface area contributed by atoms with Crippen LogP contribution in [0, 0.1) is 5.92 Å². The summed E-state index contributed by atoms with van der Waals surface area (Å²) in [5.41, 5.74) is 0. The van der Waals surface area contributed by atoms with Crippen molar-refractivity contribution in [2.24, 2.45) is 11.1 Å². The Balaban J connectivity index is 0. The van der Waals surface area contributed by atoms with E-state index in [0.717, 1.165) is 12.3 Å². The lowest BCUT2D eigenvalue weighted by atomic mass is 9.91. The summed E-state index contributed by atoms with van der Waals surface area (Å²) in [5, 5.41) is 5.35. The summed E-state index contributed by atoms with van der Waals surface area (Å²) >= 11 is 0. The topological polar surface area (TPSA) is 50.7 Å². The third-order valence-corrected chi connectivity index (χ3v) is 2.19. The average molecular weight is 230 g/mol. The van der Waals surface area contributed by atoms with Crippen molar-refractivity contribution in [1.82, 2.24) is 5.32 Å². The van der Waals surface area contributed by atoms with Crippen molar-refractivity contribution < 1.29 is 9.63 Å². The summed E-state index contributed by atoms with van der Waals surface area (Å²) < 4.78 is 0. The van der Waals surface area contributed by atoms with Gasteiger partial charge < -0.3 is 10.2 Å². The molecule has 1 fully saturated rings. The fourth-order valence-electron chi connectivity index (χ4n) is 1.42. The van der Waals surface area contributed by atoms with E-state index < -0.39 is 0 Å². The van der Waals surface area contributed by atoms with Crippen LogP contribution in [-0.2, 0) is 9.63 Å². The minimum Gasteiger partial charge on any atom is -0.398 e. The van der Waals surface area contributed by atoms with Crippen LogP contribution in [0.5, 0.6) is 0 Å². The highest BCUT2D eigenvalue weighted by Gasteiger charge is 2.05. The fraction of sp³-hybridized carbons (Fsp3) is 0.833. The zero-order chi connectivity index (χ0) is 12.6. The van der Waals surface area contributed by atoms with Crippen LogP contribution in [-0.4, -0.2) is 19.9 Å². The molecule has 0 radical (unpaired) electrons. The van der Waals surface area contributed by atoms with E-state index in [9.17, 15) is 4.79 Å². The van der Waals surface area contributed by atoms with Gasteiger partial charge in [0.05, 0.1) is 0 Å². The van der Waals surface area contributed by atoms with Gasteiger partial charge in [-0.05, 0) is 5.92 Å². The lowest BCUT2D eigenvalue weighted by Crippen LogP contribution is -2.06. The molecule has 1 aliphatic carbocycles. The number of nitrogens with zero attached hydrogens (tertiary/aromatic N) is 1. The molecular formula is C12H26N2O2. The van der Waals surface area contributed by atoms with Gasteiger partial charge >= 0.3 is 0 Å². The molecule has 0 aromatic rings. The first-order chi connectivity index (χ1) is 7.81. The van der Waals surface area contributed by atoms with E-state index in [1.165, 1.54) is 39.2 Å². The monoisotopic (exact) mass is 230 g/mol. The Bertz CT molecular complexity index is 155. The number of hydrogen-bond donors (Lipinski definition) is 1. The molecule has 0 bridgehead atoms. The number of oxime groups is 1. The van der Waals surface area contributed by atoms with Crippen LogP contribution >= 0.6 is 0 Å². The van der Waals surface area contributed by atoms with Crippen LogP contribution in [0.25, 0.3) is 0 Å². The molecule has 0 aliphatic heterocycles. The van der Waals surface area contributed by atoms with Gasteiger partial charge in [-0.15, -0.1) is 0 Å². The van der Waals surface area contributed by atoms with Gasteiger partial charge in [-0.3, -0.25) is 4.79 Å². The van der Waals surface area contributed by atoms with Crippen LogP contribution in [0.15, 0.2) is 5.16 Å². The van der Waals surface area contributed by atoms with Crippen LogP contribution in [0.3, 0.4) is 0 Å². The van der Waals surface area contributed by atoms with Gasteiger partial charge in [-0.2, -0.15) is 0 Å². The van der Waals surface area contributed by atoms with Crippen molar-refractivity contribution in [2.75, 3.05) is 7.11 Å². The molecule has 1 N–H and O–H groups in total. The van der Waals surface area contributed by atoms with Crippen LogP contribution < -0.4 is 5.32 Å². The SMILES string of the molecule is CC.CC1CCCCC1.CO/N=C\NC=O. The number of nitrogens with one attached hydrogen (secondary N) is 1. The van der Waals surface area contributed by atoms with E-state index in [1.54, 1.807) is 0 Å². The summed E-state index contributed by atoms with van der Waals surface area (Å²) in [6.45, 7) is 6.36. The molecule has 0 aromatic heterocycles. The van der Waals surface area contributed by atoms with E-state index in [4.69, 9.17) is 0 Å². The molecule has 0 aromatic carbocycles. The molecule has 4 heteroatoms. The molecule has 0 atom stereocenters. The minimum absolute atomic E-state index is 0.502. The Hall–Kier alpha value is -1.06. The van der Waals surface area contributed by atoms with E-state index >= 15 is 0 Å². The number of hydrogen-bond acceptors (Lipinski definition) is 3. The Morgan fingerprint density at radius 3 is 2.12 bits per heavy atom. The normalized spacial score (nSPS) is 15.2. The summed E-state index contributed by atoms with van der Waals surface area (Å²) in [6.07, 6.45) is 9.09. The van der Waals surface area contributed by atoms with Gasteiger partial charge in [-0.1, -0.05) is 58.0 Å². The summed E-state index contributed by atoms with van der Waals surface area (Å²) in [5.74, 6) is 1.04. The first kappa shape index (κ1) is 17.3. The minimum atomic E-state index is 0.502. The van der Waals surface area contributed by atoms with Crippen molar-refractivity contribution in [3.05, 3.63) is 0 Å². The second-order valence-corrected chi connectivity index (χ2v) is 3.44. The highest BCUT2D eigenvalue weighted by atomic mass is 16.6. The second-order valence-electron chi connectivity index (χ2n) is 3.44. The Morgan fingerprint density at radius 2 is 1.81 bits per heavy atom. The highest BCUT2D eigenvalue weighted by Crippen LogP contribution is 2.21. The Labute approximate surface area is 99.4 Å². The molecule has 96 valence electrons. The zero-order valence-electron chi connectivity index (χ0n) is 11.0. The Morgan fingerprint density at radius 1 is 1.25 bits per heavy atom. The molecule has 4 nitrogen and oxygen atoms in total. The fourth-order valence-corrected chi connectivity index (χ4v) is 1.42. The van der Waals surface area contributed by atoms with Crippen molar-refractivity contribution in [2.45, 2.75) is 52.9 Å². The van der Waals surface area contributed by atoms with Crippen molar-refractivity contribution in [3.8, 4) is 0 Å². The van der Waals surface area contributed by atoms with Crippen molar-refractivity contribution in [1.29, 1.82) is 0 Å². The maximum absolute atomic E-state index is 9.42. The molecule has 0 saturated heterocycles. The lowest BCUT2D eigenvalue weighted by molar-refractivity contribution is -0.108. The van der Waals surface area contributed by atoms with Gasteiger partial charge in [0, 0.05) is 0 Å². The summed E-state index contributed by atoms with van der Waals surface area (Å²) in [6, 6.07) is 0. The lowest BCUT2D eigenvalue weighted by Gasteiger charge is -2.15. The van der Waals surface area contributed by atoms with Gasteiger partial charge in [0.15, 0.2) is 0 Å². The molecule has 16 heavy (non-hydrogen) atoms. The Kier molecular flexibility index (Phi) is 17.7. The van der Waals surface area contributed by atoms with Gasteiger partial charge in [0.25, 0.3) is 0 Å². The second kappa shape index (κ2) is 16.4. The predicted molar refractivity (Wildman–Crippen MR) is 68.3 cm³/mol. The van der Waals surface area contributed by atoms with Crippen LogP contribution in [0.2, 0.25) is 0 Å².